The van der Waals surface area contributed by atoms with Crippen molar-refractivity contribution in [3.63, 3.8) is 0 Å². The summed E-state index contributed by atoms with van der Waals surface area (Å²) >= 11 is 0. The summed E-state index contributed by atoms with van der Waals surface area (Å²) in [5.74, 6) is -0.187. The molecule has 162 valence electrons. The summed E-state index contributed by atoms with van der Waals surface area (Å²) in [5.41, 5.74) is 1.92. The fourth-order valence-corrected chi connectivity index (χ4v) is 4.10. The van der Waals surface area contributed by atoms with Crippen LogP contribution in [0.25, 0.3) is 0 Å². The molecule has 2 N–H and O–H groups in total. The Labute approximate surface area is 177 Å². The van der Waals surface area contributed by atoms with Crippen molar-refractivity contribution < 1.29 is 19.4 Å². The van der Waals surface area contributed by atoms with Crippen LogP contribution in [0.15, 0.2) is 48.5 Å². The first-order valence-corrected chi connectivity index (χ1v) is 10.5. The van der Waals surface area contributed by atoms with Gasteiger partial charge in [0, 0.05) is 26.2 Å². The van der Waals surface area contributed by atoms with Crippen molar-refractivity contribution in [2.24, 2.45) is 0 Å². The molecule has 0 bridgehead atoms. The fraction of sp³-hybridized carbons (Fsp3) is 0.458. The smallest absolute Gasteiger partial charge is 0.226 e. The minimum Gasteiger partial charge on any atom is -0.392 e. The lowest BCUT2D eigenvalue weighted by Gasteiger charge is -2.31. The molecule has 0 aromatic heterocycles. The number of rotatable bonds is 7. The molecule has 1 saturated heterocycles. The Kier molecular flexibility index (Phi) is 7.58. The maximum absolute atomic E-state index is 13.1. The van der Waals surface area contributed by atoms with Gasteiger partial charge < -0.3 is 15.1 Å². The van der Waals surface area contributed by atoms with Crippen molar-refractivity contribution in [3.05, 3.63) is 71.0 Å². The molecular weight excluding hydrogens is 383 g/mol. The maximum Gasteiger partial charge on any atom is 0.226 e. The molecule has 5 nitrogen and oxygen atoms in total. The van der Waals surface area contributed by atoms with Crippen LogP contribution in [0.4, 0.5) is 4.39 Å². The van der Waals surface area contributed by atoms with E-state index in [9.17, 15) is 14.3 Å². The van der Waals surface area contributed by atoms with Gasteiger partial charge in [-0.1, -0.05) is 36.4 Å². The highest BCUT2D eigenvalue weighted by atomic mass is 19.1. The lowest BCUT2D eigenvalue weighted by atomic mass is 9.94. The van der Waals surface area contributed by atoms with E-state index in [0.29, 0.717) is 45.4 Å². The van der Waals surface area contributed by atoms with Crippen LogP contribution in [0.3, 0.4) is 0 Å². The van der Waals surface area contributed by atoms with E-state index >= 15 is 0 Å². The van der Waals surface area contributed by atoms with E-state index in [1.807, 2.05) is 41.1 Å². The summed E-state index contributed by atoms with van der Waals surface area (Å²) < 4.78 is 13.1. The van der Waals surface area contributed by atoms with E-state index in [2.05, 4.69) is 0 Å². The van der Waals surface area contributed by atoms with E-state index in [-0.39, 0.29) is 18.3 Å². The number of aliphatic hydroxyl groups excluding tert-OH is 1. The van der Waals surface area contributed by atoms with Gasteiger partial charge in [-0.2, -0.15) is 0 Å². The topological polar surface area (TPSA) is 64.0 Å². The highest BCUT2D eigenvalue weighted by molar-refractivity contribution is 5.78. The van der Waals surface area contributed by atoms with Gasteiger partial charge in [-0.05, 0) is 55.1 Å². The number of aliphatic hydroxyl groups is 2. The lowest BCUT2D eigenvalue weighted by molar-refractivity contribution is -0.130. The standard InChI is InChI=1S/C24H31FN2O3/c1-26(16-20-7-9-22(25)10-8-20)18-24(30)11-2-13-27(14-12-24)23(29)15-19-3-5-21(17-28)6-4-19/h3-10,28,30H,2,11-18H2,1H3/t24-/m1/s1. The first-order valence-electron chi connectivity index (χ1n) is 10.5. The van der Waals surface area contributed by atoms with E-state index < -0.39 is 5.60 Å². The molecule has 0 aliphatic carbocycles. The predicted octanol–water partition coefficient (Wildman–Crippen LogP) is 2.74. The maximum atomic E-state index is 13.1. The lowest BCUT2D eigenvalue weighted by Crippen LogP contribution is -2.42. The third-order valence-electron chi connectivity index (χ3n) is 5.76. The summed E-state index contributed by atoms with van der Waals surface area (Å²) in [7, 11) is 1.95. The molecule has 0 radical (unpaired) electrons. The minimum absolute atomic E-state index is 0.00542. The van der Waals surface area contributed by atoms with Crippen LogP contribution in [-0.4, -0.2) is 58.2 Å². The third kappa shape index (κ3) is 6.36. The average Bonchev–Trinajstić information content (AvgIpc) is 2.92. The van der Waals surface area contributed by atoms with Crippen LogP contribution in [0, 0.1) is 5.82 Å². The number of benzene rings is 2. The van der Waals surface area contributed by atoms with Crippen LogP contribution in [0.2, 0.25) is 0 Å². The number of halogens is 1. The summed E-state index contributed by atoms with van der Waals surface area (Å²) in [6.45, 7) is 2.32. The zero-order valence-electron chi connectivity index (χ0n) is 17.6. The number of amides is 1. The Morgan fingerprint density at radius 2 is 1.67 bits per heavy atom. The monoisotopic (exact) mass is 414 g/mol. The van der Waals surface area contributed by atoms with E-state index in [1.54, 1.807) is 12.1 Å². The van der Waals surface area contributed by atoms with Gasteiger partial charge in [0.15, 0.2) is 0 Å². The molecule has 1 aliphatic rings. The third-order valence-corrected chi connectivity index (χ3v) is 5.76. The molecule has 0 unspecified atom stereocenters. The van der Waals surface area contributed by atoms with Gasteiger partial charge in [0.05, 0.1) is 18.6 Å². The molecule has 6 heteroatoms. The van der Waals surface area contributed by atoms with E-state index in [4.69, 9.17) is 5.11 Å². The van der Waals surface area contributed by atoms with Crippen LogP contribution in [-0.2, 0) is 24.4 Å². The van der Waals surface area contributed by atoms with Crippen molar-refractivity contribution in [1.82, 2.24) is 9.80 Å². The molecule has 1 amide bonds. The average molecular weight is 415 g/mol. The number of hydrogen-bond donors (Lipinski definition) is 2. The van der Waals surface area contributed by atoms with Crippen LogP contribution in [0.5, 0.6) is 0 Å². The van der Waals surface area contributed by atoms with Gasteiger partial charge >= 0.3 is 0 Å². The summed E-state index contributed by atoms with van der Waals surface area (Å²) in [6.07, 6.45) is 2.27. The van der Waals surface area contributed by atoms with Gasteiger partial charge in [-0.25, -0.2) is 4.39 Å². The van der Waals surface area contributed by atoms with Crippen molar-refractivity contribution in [1.29, 1.82) is 0 Å². The number of hydrogen-bond acceptors (Lipinski definition) is 4. The largest absolute Gasteiger partial charge is 0.392 e. The van der Waals surface area contributed by atoms with Gasteiger partial charge in [0.1, 0.15) is 5.82 Å². The Hall–Kier alpha value is -2.28. The SMILES string of the molecule is CN(Cc1ccc(F)cc1)C[C@@]1(O)CCCN(C(=O)Cc2ccc(CO)cc2)CC1. The highest BCUT2D eigenvalue weighted by Gasteiger charge is 2.32. The predicted molar refractivity (Wildman–Crippen MR) is 114 cm³/mol. The summed E-state index contributed by atoms with van der Waals surface area (Å²) in [4.78, 5) is 16.6. The molecule has 30 heavy (non-hydrogen) atoms. The number of nitrogens with zero attached hydrogens (tertiary/aromatic N) is 2. The molecule has 3 rings (SSSR count). The second-order valence-corrected chi connectivity index (χ2v) is 8.41. The first kappa shape index (κ1) is 22.4. The Morgan fingerprint density at radius 1 is 1.03 bits per heavy atom. The van der Waals surface area contributed by atoms with Gasteiger partial charge in [-0.15, -0.1) is 0 Å². The molecule has 0 spiro atoms. The Balaban J connectivity index is 1.52. The van der Waals surface area contributed by atoms with Crippen molar-refractivity contribution in [2.45, 2.75) is 44.4 Å². The van der Waals surface area contributed by atoms with Gasteiger partial charge in [0.25, 0.3) is 0 Å². The van der Waals surface area contributed by atoms with E-state index in [1.165, 1.54) is 12.1 Å². The zero-order chi connectivity index (χ0) is 21.6. The van der Waals surface area contributed by atoms with Crippen molar-refractivity contribution in [3.8, 4) is 0 Å². The minimum atomic E-state index is -0.841. The summed E-state index contributed by atoms with van der Waals surface area (Å²) in [5, 5.41) is 20.3. The van der Waals surface area contributed by atoms with Crippen molar-refractivity contribution >= 4 is 5.91 Å². The molecule has 1 atom stereocenters. The molecule has 1 fully saturated rings. The van der Waals surface area contributed by atoms with Crippen LogP contribution >= 0.6 is 0 Å². The molecule has 2 aromatic rings. The van der Waals surface area contributed by atoms with Gasteiger partial charge in [-0.3, -0.25) is 9.69 Å². The Bertz CT molecular complexity index is 825. The molecule has 0 saturated carbocycles. The van der Waals surface area contributed by atoms with Crippen LogP contribution < -0.4 is 0 Å². The first-order chi connectivity index (χ1) is 14.4. The van der Waals surface area contributed by atoms with Crippen molar-refractivity contribution in [2.75, 3.05) is 26.7 Å². The highest BCUT2D eigenvalue weighted by Crippen LogP contribution is 2.24. The van der Waals surface area contributed by atoms with Crippen LogP contribution in [0.1, 0.15) is 36.0 Å². The molecule has 2 aromatic carbocycles. The Morgan fingerprint density at radius 3 is 2.33 bits per heavy atom. The summed E-state index contributed by atoms with van der Waals surface area (Å²) in [6, 6.07) is 13.8. The number of carbonyl (C=O) groups excluding carboxylic acids is 1. The second kappa shape index (κ2) is 10.2. The quantitative estimate of drug-likeness (QED) is 0.731. The molecule has 1 heterocycles. The van der Waals surface area contributed by atoms with Gasteiger partial charge in [0.2, 0.25) is 5.91 Å². The molecule has 1 aliphatic heterocycles. The number of likely N-dealkylation sites (N-methyl/N-ethyl adjacent to an activating group) is 1. The zero-order valence-corrected chi connectivity index (χ0v) is 17.6. The fourth-order valence-electron chi connectivity index (χ4n) is 4.10. The second-order valence-electron chi connectivity index (χ2n) is 8.41. The van der Waals surface area contributed by atoms with E-state index in [0.717, 1.165) is 23.1 Å². The normalized spacial score (nSPS) is 19.7. The number of likely N-dealkylation sites (tertiary alicyclic amines) is 1. The molecular formula is C24H31FN2O3. The number of carbonyl (C=O) groups is 1.